The third kappa shape index (κ3) is 4.60. The molecule has 7 heteroatoms. The van der Waals surface area contributed by atoms with Crippen molar-refractivity contribution in [3.05, 3.63) is 48.0 Å². The lowest BCUT2D eigenvalue weighted by Gasteiger charge is -2.18. The van der Waals surface area contributed by atoms with E-state index in [1.165, 1.54) is 12.1 Å². The number of nitrogens with one attached hydrogen (secondary N) is 1. The zero-order chi connectivity index (χ0) is 19.4. The summed E-state index contributed by atoms with van der Waals surface area (Å²) in [6.07, 6.45) is -0.122. The Morgan fingerprint density at radius 3 is 2.52 bits per heavy atom. The van der Waals surface area contributed by atoms with Gasteiger partial charge in [-0.2, -0.15) is 0 Å². The van der Waals surface area contributed by atoms with E-state index >= 15 is 0 Å². The molecule has 0 radical (unpaired) electrons. The van der Waals surface area contributed by atoms with Crippen molar-refractivity contribution in [2.45, 2.75) is 31.1 Å². The molecule has 1 N–H and O–H groups in total. The SMILES string of the molecule is CC(C)c1ccccc1NC(=O)CCS(=O)(=O)c1ccc2c(c1)OCCO2. The minimum absolute atomic E-state index is 0.122. The van der Waals surface area contributed by atoms with Crippen LogP contribution in [0, 0.1) is 0 Å². The number of carbonyl (C=O) groups excluding carboxylic acids is 1. The van der Waals surface area contributed by atoms with Crippen LogP contribution < -0.4 is 14.8 Å². The number of rotatable bonds is 6. The van der Waals surface area contributed by atoms with Gasteiger partial charge in [0.15, 0.2) is 21.3 Å². The van der Waals surface area contributed by atoms with Gasteiger partial charge in [0, 0.05) is 18.2 Å². The summed E-state index contributed by atoms with van der Waals surface area (Å²) in [5.74, 6) is 0.593. The van der Waals surface area contributed by atoms with Crippen LogP contribution in [0.25, 0.3) is 0 Å². The highest BCUT2D eigenvalue weighted by molar-refractivity contribution is 7.91. The molecule has 1 heterocycles. The Balaban J connectivity index is 1.66. The first-order chi connectivity index (χ1) is 12.9. The molecule has 0 saturated heterocycles. The van der Waals surface area contributed by atoms with E-state index in [-0.39, 0.29) is 28.9 Å². The summed E-state index contributed by atoms with van der Waals surface area (Å²) in [6.45, 7) is 4.90. The van der Waals surface area contributed by atoms with Crippen molar-refractivity contribution >= 4 is 21.4 Å². The first-order valence-electron chi connectivity index (χ1n) is 8.88. The van der Waals surface area contributed by atoms with E-state index in [1.807, 2.05) is 38.1 Å². The second kappa shape index (κ2) is 8.00. The molecule has 0 aromatic heterocycles. The van der Waals surface area contributed by atoms with Crippen LogP contribution in [0.4, 0.5) is 5.69 Å². The molecule has 27 heavy (non-hydrogen) atoms. The number of amides is 1. The third-order valence-electron chi connectivity index (χ3n) is 4.33. The maximum atomic E-state index is 12.6. The topological polar surface area (TPSA) is 81.7 Å². The van der Waals surface area contributed by atoms with Gasteiger partial charge < -0.3 is 14.8 Å². The van der Waals surface area contributed by atoms with Gasteiger partial charge >= 0.3 is 0 Å². The van der Waals surface area contributed by atoms with Crippen molar-refractivity contribution in [3.63, 3.8) is 0 Å². The molecule has 0 atom stereocenters. The van der Waals surface area contributed by atoms with E-state index in [9.17, 15) is 13.2 Å². The molecule has 1 aliphatic heterocycles. The number of benzene rings is 2. The van der Waals surface area contributed by atoms with Crippen molar-refractivity contribution in [1.82, 2.24) is 0 Å². The lowest BCUT2D eigenvalue weighted by Crippen LogP contribution is -2.19. The number of sulfone groups is 1. The average Bonchev–Trinajstić information content (AvgIpc) is 2.66. The molecule has 1 amide bonds. The number of anilines is 1. The van der Waals surface area contributed by atoms with Gasteiger partial charge in [0.1, 0.15) is 13.2 Å². The summed E-state index contributed by atoms with van der Waals surface area (Å²) in [5, 5.41) is 2.82. The largest absolute Gasteiger partial charge is 0.486 e. The molecule has 3 rings (SSSR count). The molecule has 0 fully saturated rings. The number of carbonyl (C=O) groups is 1. The van der Waals surface area contributed by atoms with Gasteiger partial charge in [-0.25, -0.2) is 8.42 Å². The molecule has 0 bridgehead atoms. The molecule has 144 valence electrons. The summed E-state index contributed by atoms with van der Waals surface area (Å²) in [5.41, 5.74) is 1.73. The number of para-hydroxylation sites is 1. The molecule has 2 aromatic carbocycles. The van der Waals surface area contributed by atoms with Gasteiger partial charge in [-0.05, 0) is 29.7 Å². The van der Waals surface area contributed by atoms with E-state index in [1.54, 1.807) is 6.07 Å². The molecule has 0 spiro atoms. The number of hydrogen-bond donors (Lipinski definition) is 1. The van der Waals surface area contributed by atoms with Crippen molar-refractivity contribution in [2.24, 2.45) is 0 Å². The smallest absolute Gasteiger partial charge is 0.225 e. The minimum atomic E-state index is -3.60. The van der Waals surface area contributed by atoms with Crippen LogP contribution >= 0.6 is 0 Å². The van der Waals surface area contributed by atoms with Crippen molar-refractivity contribution in [2.75, 3.05) is 24.3 Å². The quantitative estimate of drug-likeness (QED) is 0.819. The van der Waals surface area contributed by atoms with Crippen molar-refractivity contribution in [1.29, 1.82) is 0 Å². The molecule has 1 aliphatic rings. The zero-order valence-corrected chi connectivity index (χ0v) is 16.2. The van der Waals surface area contributed by atoms with Crippen LogP contribution in [-0.4, -0.2) is 33.3 Å². The lowest BCUT2D eigenvalue weighted by atomic mass is 10.0. The molecule has 2 aromatic rings. The maximum Gasteiger partial charge on any atom is 0.225 e. The fourth-order valence-electron chi connectivity index (χ4n) is 2.89. The van der Waals surface area contributed by atoms with E-state index in [4.69, 9.17) is 9.47 Å². The first-order valence-corrected chi connectivity index (χ1v) is 10.5. The Labute approximate surface area is 159 Å². The van der Waals surface area contributed by atoms with Crippen LogP contribution in [0.1, 0.15) is 31.7 Å². The van der Waals surface area contributed by atoms with Gasteiger partial charge in [0.05, 0.1) is 10.6 Å². The minimum Gasteiger partial charge on any atom is -0.486 e. The van der Waals surface area contributed by atoms with Crippen molar-refractivity contribution in [3.8, 4) is 11.5 Å². The van der Waals surface area contributed by atoms with Crippen molar-refractivity contribution < 1.29 is 22.7 Å². The molecule has 0 saturated carbocycles. The highest BCUT2D eigenvalue weighted by Crippen LogP contribution is 2.32. The van der Waals surface area contributed by atoms with Gasteiger partial charge in [0.2, 0.25) is 5.91 Å². The second-order valence-corrected chi connectivity index (χ2v) is 8.77. The highest BCUT2D eigenvalue weighted by atomic mass is 32.2. The number of hydrogen-bond acceptors (Lipinski definition) is 5. The standard InChI is InChI=1S/C20H23NO5S/c1-14(2)16-5-3-4-6-17(16)21-20(22)9-12-27(23,24)15-7-8-18-19(13-15)26-11-10-25-18/h3-8,13-14H,9-12H2,1-2H3,(H,21,22). The average molecular weight is 389 g/mol. The third-order valence-corrected chi connectivity index (χ3v) is 6.04. The zero-order valence-electron chi connectivity index (χ0n) is 15.4. The fourth-order valence-corrected chi connectivity index (χ4v) is 4.14. The Hall–Kier alpha value is -2.54. The summed E-state index contributed by atoms with van der Waals surface area (Å²) in [7, 11) is -3.60. The molecular weight excluding hydrogens is 366 g/mol. The van der Waals surface area contributed by atoms with Gasteiger partial charge in [-0.15, -0.1) is 0 Å². The Kier molecular flexibility index (Phi) is 5.70. The Morgan fingerprint density at radius 2 is 1.78 bits per heavy atom. The molecule has 6 nitrogen and oxygen atoms in total. The Bertz CT molecular complexity index is 937. The monoisotopic (exact) mass is 389 g/mol. The highest BCUT2D eigenvalue weighted by Gasteiger charge is 2.21. The summed E-state index contributed by atoms with van der Waals surface area (Å²) >= 11 is 0. The summed E-state index contributed by atoms with van der Waals surface area (Å²) in [6, 6.07) is 12.0. The predicted molar refractivity (Wildman–Crippen MR) is 103 cm³/mol. The first kappa shape index (κ1) is 19.2. The molecule has 0 unspecified atom stereocenters. The van der Waals surface area contributed by atoms with E-state index in [2.05, 4.69) is 5.32 Å². The molecule has 0 aliphatic carbocycles. The van der Waals surface area contributed by atoms with Crippen LogP contribution in [0.15, 0.2) is 47.4 Å². The van der Waals surface area contributed by atoms with Gasteiger partial charge in [0.25, 0.3) is 0 Å². The van der Waals surface area contributed by atoms with E-state index in [0.29, 0.717) is 30.4 Å². The van der Waals surface area contributed by atoms with Crippen LogP contribution in [0.3, 0.4) is 0 Å². The fraction of sp³-hybridized carbons (Fsp3) is 0.350. The van der Waals surface area contributed by atoms with E-state index in [0.717, 1.165) is 5.56 Å². The van der Waals surface area contributed by atoms with Crippen LogP contribution in [0.5, 0.6) is 11.5 Å². The summed E-state index contributed by atoms with van der Waals surface area (Å²) < 4.78 is 36.0. The normalized spacial score (nSPS) is 13.4. The second-order valence-electron chi connectivity index (χ2n) is 6.66. The number of ether oxygens (including phenoxy) is 2. The maximum absolute atomic E-state index is 12.6. The number of fused-ring (bicyclic) bond motifs is 1. The van der Waals surface area contributed by atoms with Gasteiger partial charge in [-0.3, -0.25) is 4.79 Å². The van der Waals surface area contributed by atoms with Crippen LogP contribution in [-0.2, 0) is 14.6 Å². The summed E-state index contributed by atoms with van der Waals surface area (Å²) in [4.78, 5) is 12.4. The predicted octanol–water partition coefficient (Wildman–Crippen LogP) is 3.38. The Morgan fingerprint density at radius 1 is 1.07 bits per heavy atom. The van der Waals surface area contributed by atoms with Gasteiger partial charge in [-0.1, -0.05) is 32.0 Å². The molecular formula is C20H23NO5S. The lowest BCUT2D eigenvalue weighted by molar-refractivity contribution is -0.115. The van der Waals surface area contributed by atoms with Crippen LogP contribution in [0.2, 0.25) is 0 Å². The van der Waals surface area contributed by atoms with E-state index < -0.39 is 9.84 Å².